The van der Waals surface area contributed by atoms with Crippen molar-refractivity contribution in [3.63, 3.8) is 0 Å². The lowest BCUT2D eigenvalue weighted by Crippen LogP contribution is -2.39. The van der Waals surface area contributed by atoms with Gasteiger partial charge in [0.25, 0.3) is 5.91 Å². The number of fused-ring (bicyclic) bond motifs is 1. The van der Waals surface area contributed by atoms with Gasteiger partial charge in [0.15, 0.2) is 0 Å². The van der Waals surface area contributed by atoms with Crippen molar-refractivity contribution in [1.29, 1.82) is 0 Å². The maximum absolute atomic E-state index is 13.4. The number of ether oxygens (including phenoxy) is 1. The van der Waals surface area contributed by atoms with Gasteiger partial charge < -0.3 is 20.1 Å². The Morgan fingerprint density at radius 2 is 1.76 bits per heavy atom. The quantitative estimate of drug-likeness (QED) is 0.266. The van der Waals surface area contributed by atoms with Crippen LogP contribution in [0, 0.1) is 0 Å². The second-order valence-electron chi connectivity index (χ2n) is 9.29. The summed E-state index contributed by atoms with van der Waals surface area (Å²) in [4.78, 5) is 16.9. The van der Waals surface area contributed by atoms with E-state index < -0.39 is 16.1 Å². The lowest BCUT2D eigenvalue weighted by Gasteiger charge is -2.18. The molecule has 0 saturated carbocycles. The Bertz CT molecular complexity index is 1510. The summed E-state index contributed by atoms with van der Waals surface area (Å²) in [6, 6.07) is 19.2. The molecule has 4 rings (SSSR count). The molecule has 9 heteroatoms. The Morgan fingerprint density at radius 1 is 1.05 bits per heavy atom. The molecule has 200 valence electrons. The third-order valence-electron chi connectivity index (χ3n) is 6.35. The van der Waals surface area contributed by atoms with Crippen molar-refractivity contribution in [3.05, 3.63) is 84.1 Å². The van der Waals surface area contributed by atoms with Crippen LogP contribution >= 0.6 is 0 Å². The number of nitrogens with one attached hydrogen (secondary N) is 2. The average Bonchev–Trinajstić information content (AvgIpc) is 3.34. The molecule has 1 atom stereocenters. The van der Waals surface area contributed by atoms with Crippen molar-refractivity contribution in [2.24, 2.45) is 0 Å². The minimum Gasteiger partial charge on any atom is -0.493 e. The molecule has 0 saturated heterocycles. The molecule has 0 unspecified atom stereocenters. The first-order valence-electron chi connectivity index (χ1n) is 12.5. The number of para-hydroxylation sites is 1. The molecule has 0 aliphatic carbocycles. The highest BCUT2D eigenvalue weighted by Crippen LogP contribution is 2.29. The van der Waals surface area contributed by atoms with Crippen molar-refractivity contribution in [2.75, 3.05) is 27.3 Å². The molecule has 0 aliphatic heterocycles. The summed E-state index contributed by atoms with van der Waals surface area (Å²) < 4.78 is 31.9. The van der Waals surface area contributed by atoms with E-state index in [2.05, 4.69) is 10.3 Å². The normalized spacial score (nSPS) is 12.6. The fourth-order valence-corrected chi connectivity index (χ4v) is 5.15. The van der Waals surface area contributed by atoms with Gasteiger partial charge in [0.2, 0.25) is 10.0 Å². The number of hydrogen-bond acceptors (Lipinski definition) is 5. The summed E-state index contributed by atoms with van der Waals surface area (Å²) in [5.41, 5.74) is 3.85. The van der Waals surface area contributed by atoms with E-state index in [1.807, 2.05) is 43.5 Å². The number of aromatic nitrogens is 1. The molecule has 1 amide bonds. The first kappa shape index (κ1) is 27.4. The van der Waals surface area contributed by atoms with Crippen molar-refractivity contribution < 1.29 is 23.1 Å². The smallest absolute Gasteiger partial charge is 0.255 e. The third kappa shape index (κ3) is 5.91. The van der Waals surface area contributed by atoms with E-state index >= 15 is 0 Å². The van der Waals surface area contributed by atoms with Gasteiger partial charge in [0.05, 0.1) is 29.7 Å². The third-order valence-corrected chi connectivity index (χ3v) is 8.18. The molecule has 0 fully saturated rings. The number of aromatic amines is 1. The molecule has 0 aliphatic rings. The molecule has 0 spiro atoms. The highest BCUT2D eigenvalue weighted by molar-refractivity contribution is 7.89. The summed E-state index contributed by atoms with van der Waals surface area (Å²) in [7, 11) is -0.568. The van der Waals surface area contributed by atoms with Gasteiger partial charge >= 0.3 is 0 Å². The number of nitrogens with zero attached hydrogens (tertiary/aromatic N) is 1. The Hall–Kier alpha value is -3.66. The maximum atomic E-state index is 13.4. The van der Waals surface area contributed by atoms with Gasteiger partial charge in [-0.05, 0) is 59.9 Å². The van der Waals surface area contributed by atoms with Crippen molar-refractivity contribution >= 4 is 26.8 Å². The summed E-state index contributed by atoms with van der Waals surface area (Å²) in [5, 5.41) is 14.1. The summed E-state index contributed by atoms with van der Waals surface area (Å²) in [5.74, 6) is 0.0901. The fourth-order valence-electron chi connectivity index (χ4n) is 4.25. The molecule has 1 aromatic heterocycles. The van der Waals surface area contributed by atoms with E-state index in [0.29, 0.717) is 24.3 Å². The van der Waals surface area contributed by atoms with Gasteiger partial charge in [-0.1, -0.05) is 43.3 Å². The fraction of sp³-hybridized carbons (Fsp3) is 0.276. The van der Waals surface area contributed by atoms with Crippen LogP contribution in [0.4, 0.5) is 0 Å². The largest absolute Gasteiger partial charge is 0.493 e. The summed E-state index contributed by atoms with van der Waals surface area (Å²) in [6.45, 7) is 2.22. The van der Waals surface area contributed by atoms with Crippen LogP contribution in [0.2, 0.25) is 0 Å². The summed E-state index contributed by atoms with van der Waals surface area (Å²) >= 11 is 0. The first-order valence-corrected chi connectivity index (χ1v) is 13.9. The highest BCUT2D eigenvalue weighted by atomic mass is 32.2. The summed E-state index contributed by atoms with van der Waals surface area (Å²) in [6.07, 6.45) is 3.14. The SMILES string of the molecule is CCCOc1ccc(-c2ccc(S(=O)(=O)N(C)C)cc2)cc1C(=O)N[C@@H](CO)Cc1c[nH]c2ccccc12. The van der Waals surface area contributed by atoms with Crippen molar-refractivity contribution in [1.82, 2.24) is 14.6 Å². The van der Waals surface area contributed by atoms with Gasteiger partial charge in [0.1, 0.15) is 5.75 Å². The van der Waals surface area contributed by atoms with Crippen LogP contribution in [-0.2, 0) is 16.4 Å². The van der Waals surface area contributed by atoms with E-state index in [0.717, 1.165) is 38.3 Å². The number of amides is 1. The second kappa shape index (κ2) is 11.8. The number of carbonyl (C=O) groups is 1. The Labute approximate surface area is 223 Å². The molecular weight excluding hydrogens is 502 g/mol. The minimum absolute atomic E-state index is 0.190. The zero-order valence-electron chi connectivity index (χ0n) is 21.8. The van der Waals surface area contributed by atoms with E-state index in [-0.39, 0.29) is 17.4 Å². The predicted octanol–water partition coefficient (Wildman–Crippen LogP) is 4.21. The first-order chi connectivity index (χ1) is 18.2. The predicted molar refractivity (Wildman–Crippen MR) is 149 cm³/mol. The highest BCUT2D eigenvalue weighted by Gasteiger charge is 2.21. The van der Waals surface area contributed by atoms with Crippen LogP contribution in [0.1, 0.15) is 29.3 Å². The molecule has 1 heterocycles. The van der Waals surface area contributed by atoms with Gasteiger partial charge in [-0.15, -0.1) is 0 Å². The van der Waals surface area contributed by atoms with Crippen LogP contribution in [0.5, 0.6) is 5.75 Å². The Balaban J connectivity index is 1.60. The second-order valence-corrected chi connectivity index (χ2v) is 11.4. The van der Waals surface area contributed by atoms with Gasteiger partial charge in [-0.3, -0.25) is 4.79 Å². The van der Waals surface area contributed by atoms with E-state index in [9.17, 15) is 18.3 Å². The molecular formula is C29H33N3O5S. The number of aliphatic hydroxyl groups excluding tert-OH is 1. The standard InChI is InChI=1S/C29H33N3O5S/c1-4-15-37-28-14-11-21(20-9-12-24(13-10-20)38(35,36)32(2)3)17-26(28)29(34)31-23(19-33)16-22-18-30-27-8-6-5-7-25(22)27/h5-14,17-18,23,30,33H,4,15-16,19H2,1-3H3,(H,31,34)/t23-/m1/s1. The van der Waals surface area contributed by atoms with Crippen LogP contribution < -0.4 is 10.1 Å². The molecule has 3 N–H and O–H groups in total. The topological polar surface area (TPSA) is 112 Å². The molecule has 0 bridgehead atoms. The van der Waals surface area contributed by atoms with E-state index in [1.165, 1.54) is 14.1 Å². The van der Waals surface area contributed by atoms with E-state index in [1.54, 1.807) is 36.4 Å². The lowest BCUT2D eigenvalue weighted by atomic mass is 10.0. The zero-order valence-corrected chi connectivity index (χ0v) is 22.6. The molecule has 4 aromatic rings. The number of benzene rings is 3. The van der Waals surface area contributed by atoms with E-state index in [4.69, 9.17) is 4.74 Å². The monoisotopic (exact) mass is 535 g/mol. The molecule has 8 nitrogen and oxygen atoms in total. The molecule has 3 aromatic carbocycles. The van der Waals surface area contributed by atoms with Gasteiger partial charge in [0, 0.05) is 31.2 Å². The number of sulfonamides is 1. The van der Waals surface area contributed by atoms with Crippen LogP contribution in [0.25, 0.3) is 22.0 Å². The van der Waals surface area contributed by atoms with Crippen LogP contribution in [0.3, 0.4) is 0 Å². The van der Waals surface area contributed by atoms with Gasteiger partial charge in [-0.2, -0.15) is 0 Å². The number of hydrogen-bond donors (Lipinski definition) is 3. The molecule has 0 radical (unpaired) electrons. The van der Waals surface area contributed by atoms with Crippen LogP contribution in [0.15, 0.2) is 77.8 Å². The zero-order chi connectivity index (χ0) is 27.3. The minimum atomic E-state index is -3.54. The molecule has 38 heavy (non-hydrogen) atoms. The Morgan fingerprint density at radius 3 is 2.45 bits per heavy atom. The number of carbonyl (C=O) groups excluding carboxylic acids is 1. The maximum Gasteiger partial charge on any atom is 0.255 e. The number of H-pyrrole nitrogens is 1. The van der Waals surface area contributed by atoms with Crippen molar-refractivity contribution in [2.45, 2.75) is 30.7 Å². The van der Waals surface area contributed by atoms with Gasteiger partial charge in [-0.25, -0.2) is 12.7 Å². The average molecular weight is 536 g/mol. The van der Waals surface area contributed by atoms with Crippen molar-refractivity contribution in [3.8, 4) is 16.9 Å². The number of rotatable bonds is 11. The number of aliphatic hydroxyl groups is 1. The lowest BCUT2D eigenvalue weighted by molar-refractivity contribution is 0.0912. The Kier molecular flexibility index (Phi) is 8.51. The van der Waals surface area contributed by atoms with Crippen LogP contribution in [-0.4, -0.2) is 62.1 Å².